The van der Waals surface area contributed by atoms with E-state index in [1.54, 1.807) is 6.20 Å². The Hall–Kier alpha value is -2.06. The van der Waals surface area contributed by atoms with E-state index >= 15 is 0 Å². The van der Waals surface area contributed by atoms with Crippen molar-refractivity contribution in [2.24, 2.45) is 0 Å². The minimum absolute atomic E-state index is 0.321. The predicted octanol–water partition coefficient (Wildman–Crippen LogP) is 4.74. The molecule has 0 amide bonds. The molecule has 0 atom stereocenters. The van der Waals surface area contributed by atoms with Crippen LogP contribution in [0.15, 0.2) is 30.6 Å². The first-order chi connectivity index (χ1) is 13.8. The summed E-state index contributed by atoms with van der Waals surface area (Å²) in [5.41, 5.74) is 2.75. The number of hydrogen-bond donors (Lipinski definition) is 3. The van der Waals surface area contributed by atoms with Crippen molar-refractivity contribution >= 4 is 34.6 Å². The summed E-state index contributed by atoms with van der Waals surface area (Å²) in [6.07, 6.45) is 5.35. The summed E-state index contributed by atoms with van der Waals surface area (Å²) in [5.74, 6) is 0.489. The number of halogens is 1. The first-order valence-electron chi connectivity index (χ1n) is 9.57. The molecule has 1 aromatic carbocycles. The van der Waals surface area contributed by atoms with E-state index in [4.69, 9.17) is 11.6 Å². The molecule has 29 heavy (non-hydrogen) atoms. The fourth-order valence-electron chi connectivity index (χ4n) is 3.56. The van der Waals surface area contributed by atoms with E-state index in [1.165, 1.54) is 11.3 Å². The molecule has 3 aromatic rings. The number of aliphatic hydroxyl groups excluding tert-OH is 1. The van der Waals surface area contributed by atoms with Crippen LogP contribution < -0.4 is 5.32 Å². The van der Waals surface area contributed by atoms with Gasteiger partial charge >= 0.3 is 0 Å². The second-order valence-corrected chi connectivity index (χ2v) is 9.07. The van der Waals surface area contributed by atoms with Crippen LogP contribution in [0.3, 0.4) is 0 Å². The largest absolute Gasteiger partial charge is 0.393 e. The van der Waals surface area contributed by atoms with Crippen LogP contribution in [-0.2, 0) is 5.60 Å². The summed E-state index contributed by atoms with van der Waals surface area (Å²) in [6, 6.07) is 6.13. The third-order valence-corrected chi connectivity index (χ3v) is 6.83. The van der Waals surface area contributed by atoms with Crippen molar-refractivity contribution in [1.82, 2.24) is 15.0 Å². The first-order valence-corrected chi connectivity index (χ1v) is 10.8. The van der Waals surface area contributed by atoms with Gasteiger partial charge in [-0.1, -0.05) is 17.7 Å². The van der Waals surface area contributed by atoms with Gasteiger partial charge in [0.2, 0.25) is 5.95 Å². The first kappa shape index (κ1) is 20.2. The van der Waals surface area contributed by atoms with E-state index in [9.17, 15) is 10.2 Å². The molecule has 1 fully saturated rings. The molecule has 0 spiro atoms. The molecular weight excluding hydrogens is 408 g/mol. The number of aromatic nitrogens is 3. The van der Waals surface area contributed by atoms with Gasteiger partial charge in [-0.05, 0) is 62.8 Å². The number of nitrogens with zero attached hydrogens (tertiary/aromatic N) is 3. The van der Waals surface area contributed by atoms with E-state index in [1.807, 2.05) is 32.2 Å². The number of rotatable bonds is 4. The molecule has 152 valence electrons. The topological polar surface area (TPSA) is 91.2 Å². The van der Waals surface area contributed by atoms with Crippen molar-refractivity contribution in [1.29, 1.82) is 0 Å². The van der Waals surface area contributed by atoms with Crippen molar-refractivity contribution < 1.29 is 10.2 Å². The lowest BCUT2D eigenvalue weighted by molar-refractivity contribution is -0.0362. The number of nitrogens with one attached hydrogen (secondary N) is 1. The molecule has 0 aliphatic heterocycles. The normalized spacial score (nSPS) is 21.9. The number of benzene rings is 1. The quantitative estimate of drug-likeness (QED) is 0.554. The zero-order chi connectivity index (χ0) is 20.6. The number of hydrogen-bond acceptors (Lipinski definition) is 7. The molecule has 1 aliphatic carbocycles. The molecule has 6 nitrogen and oxygen atoms in total. The Balaban J connectivity index is 1.59. The molecule has 0 bridgehead atoms. The van der Waals surface area contributed by atoms with E-state index in [-0.39, 0.29) is 6.10 Å². The third-order valence-electron chi connectivity index (χ3n) is 5.22. The zero-order valence-corrected chi connectivity index (χ0v) is 17.9. The second-order valence-electron chi connectivity index (χ2n) is 7.63. The Labute approximate surface area is 178 Å². The highest BCUT2D eigenvalue weighted by atomic mass is 35.5. The van der Waals surface area contributed by atoms with Crippen LogP contribution in [0.4, 0.5) is 11.6 Å². The molecule has 0 saturated heterocycles. The molecule has 3 N–H and O–H groups in total. The van der Waals surface area contributed by atoms with Gasteiger partial charge in [-0.15, -0.1) is 11.3 Å². The van der Waals surface area contributed by atoms with Gasteiger partial charge in [-0.2, -0.15) is 0 Å². The Morgan fingerprint density at radius 1 is 1.14 bits per heavy atom. The van der Waals surface area contributed by atoms with Gasteiger partial charge in [0.05, 0.1) is 27.9 Å². The lowest BCUT2D eigenvalue weighted by Crippen LogP contribution is -2.33. The van der Waals surface area contributed by atoms with Crippen molar-refractivity contribution in [2.45, 2.75) is 51.2 Å². The van der Waals surface area contributed by atoms with Crippen LogP contribution in [0, 0.1) is 13.8 Å². The fourth-order valence-corrected chi connectivity index (χ4v) is 4.70. The van der Waals surface area contributed by atoms with Gasteiger partial charge in [-0.3, -0.25) is 0 Å². The highest BCUT2D eigenvalue weighted by Gasteiger charge is 2.36. The minimum atomic E-state index is -0.943. The number of aryl methyl sites for hydroxylation is 2. The molecule has 1 aliphatic rings. The second kappa shape index (κ2) is 7.99. The summed E-state index contributed by atoms with van der Waals surface area (Å²) in [5, 5.41) is 25.2. The van der Waals surface area contributed by atoms with Crippen molar-refractivity contribution in [3.05, 3.63) is 51.9 Å². The molecule has 2 heterocycles. The summed E-state index contributed by atoms with van der Waals surface area (Å²) < 4.78 is 0. The van der Waals surface area contributed by atoms with Crippen LogP contribution in [0.25, 0.3) is 10.4 Å². The van der Waals surface area contributed by atoms with E-state index in [0.717, 1.165) is 27.4 Å². The molecule has 2 aromatic heterocycles. The maximum absolute atomic E-state index is 11.0. The monoisotopic (exact) mass is 430 g/mol. The maximum atomic E-state index is 11.0. The van der Waals surface area contributed by atoms with Crippen LogP contribution in [0.2, 0.25) is 5.02 Å². The van der Waals surface area contributed by atoms with Gasteiger partial charge in [0.15, 0.2) is 0 Å². The van der Waals surface area contributed by atoms with Crippen LogP contribution in [-0.4, -0.2) is 31.3 Å². The average Bonchev–Trinajstić information content (AvgIpc) is 3.18. The van der Waals surface area contributed by atoms with Crippen molar-refractivity contribution in [2.75, 3.05) is 5.32 Å². The molecule has 0 radical (unpaired) electrons. The van der Waals surface area contributed by atoms with E-state index in [2.05, 4.69) is 26.3 Å². The van der Waals surface area contributed by atoms with Crippen LogP contribution in [0.5, 0.6) is 0 Å². The molecular formula is C21H23ClN4O2S. The molecule has 1 saturated carbocycles. The number of thiazole rings is 1. The summed E-state index contributed by atoms with van der Waals surface area (Å²) in [7, 11) is 0. The van der Waals surface area contributed by atoms with Crippen molar-refractivity contribution in [3.63, 3.8) is 0 Å². The average molecular weight is 431 g/mol. The summed E-state index contributed by atoms with van der Waals surface area (Å²) in [4.78, 5) is 14.1. The van der Waals surface area contributed by atoms with Gasteiger partial charge in [0, 0.05) is 11.9 Å². The Bertz CT molecular complexity index is 1030. The standard InChI is InChI=1S/C21H23ClN4O2S/c1-12-7-14(9-15(8-12)26-20-24-10-17(22)13(2)25-20)18-11-23-19(29-18)21(28)5-3-16(27)4-6-21/h7-11,16,27-28H,3-6H2,1-2H3,(H,24,25,26). The molecule has 8 heteroatoms. The van der Waals surface area contributed by atoms with Gasteiger partial charge in [0.1, 0.15) is 10.6 Å². The Morgan fingerprint density at radius 2 is 1.90 bits per heavy atom. The number of anilines is 2. The summed E-state index contributed by atoms with van der Waals surface area (Å²) >= 11 is 7.51. The highest BCUT2D eigenvalue weighted by molar-refractivity contribution is 7.15. The van der Waals surface area contributed by atoms with Crippen LogP contribution >= 0.6 is 22.9 Å². The SMILES string of the molecule is Cc1cc(Nc2ncc(Cl)c(C)n2)cc(-c2cnc(C3(O)CCC(O)CC3)s2)c1. The lowest BCUT2D eigenvalue weighted by atomic mass is 9.84. The Kier molecular flexibility index (Phi) is 5.57. The van der Waals surface area contributed by atoms with Crippen LogP contribution in [0.1, 0.15) is 41.9 Å². The maximum Gasteiger partial charge on any atom is 0.227 e. The van der Waals surface area contributed by atoms with Gasteiger partial charge < -0.3 is 15.5 Å². The van der Waals surface area contributed by atoms with Gasteiger partial charge in [0.25, 0.3) is 0 Å². The number of aliphatic hydroxyl groups is 2. The Morgan fingerprint density at radius 3 is 2.62 bits per heavy atom. The predicted molar refractivity (Wildman–Crippen MR) is 116 cm³/mol. The zero-order valence-electron chi connectivity index (χ0n) is 16.3. The van der Waals surface area contributed by atoms with E-state index in [0.29, 0.717) is 41.7 Å². The third kappa shape index (κ3) is 4.43. The van der Waals surface area contributed by atoms with Crippen molar-refractivity contribution in [3.8, 4) is 10.4 Å². The molecule has 0 unspecified atom stereocenters. The van der Waals surface area contributed by atoms with E-state index < -0.39 is 5.60 Å². The smallest absolute Gasteiger partial charge is 0.227 e. The summed E-state index contributed by atoms with van der Waals surface area (Å²) in [6.45, 7) is 3.87. The molecule has 4 rings (SSSR count). The highest BCUT2D eigenvalue weighted by Crippen LogP contribution is 2.41. The lowest BCUT2D eigenvalue weighted by Gasteiger charge is -2.32. The fraction of sp³-hybridized carbons (Fsp3) is 0.381. The van der Waals surface area contributed by atoms with Gasteiger partial charge in [-0.25, -0.2) is 15.0 Å². The minimum Gasteiger partial charge on any atom is -0.393 e.